The number of aromatic nitrogens is 3. The van der Waals surface area contributed by atoms with Crippen LogP contribution in [0.4, 0.5) is 0 Å². The van der Waals surface area contributed by atoms with Crippen molar-refractivity contribution >= 4 is 11.0 Å². The summed E-state index contributed by atoms with van der Waals surface area (Å²) in [5, 5.41) is 13.7. The number of aryl methyl sites for hydroxylation is 2. The van der Waals surface area contributed by atoms with Crippen LogP contribution in [0, 0.1) is 13.8 Å². The highest BCUT2D eigenvalue weighted by Gasteiger charge is 2.21. The van der Waals surface area contributed by atoms with Crippen LogP contribution in [-0.4, -0.2) is 50.7 Å². The van der Waals surface area contributed by atoms with E-state index in [9.17, 15) is 9.90 Å². The van der Waals surface area contributed by atoms with E-state index in [2.05, 4.69) is 59.3 Å². The van der Waals surface area contributed by atoms with Gasteiger partial charge in [-0.3, -0.25) is 9.36 Å². The topological polar surface area (TPSA) is 83.3 Å². The number of pyridine rings is 1. The summed E-state index contributed by atoms with van der Waals surface area (Å²) in [6.07, 6.45) is 5.75. The van der Waals surface area contributed by atoms with E-state index in [1.807, 2.05) is 30.5 Å². The highest BCUT2D eigenvalue weighted by molar-refractivity contribution is 5.86. The zero-order chi connectivity index (χ0) is 25.2. The van der Waals surface area contributed by atoms with Gasteiger partial charge < -0.3 is 15.3 Å². The Morgan fingerprint density at radius 1 is 1.14 bits per heavy atom. The Bertz CT molecular complexity index is 1440. The summed E-state index contributed by atoms with van der Waals surface area (Å²) in [4.78, 5) is 25.5. The van der Waals surface area contributed by atoms with Crippen LogP contribution in [-0.2, 0) is 13.2 Å². The summed E-state index contributed by atoms with van der Waals surface area (Å²) in [5.41, 5.74) is 7.00. The number of fused-ring (bicyclic) bond motifs is 1. The van der Waals surface area contributed by atoms with Crippen molar-refractivity contribution in [1.82, 2.24) is 24.8 Å². The van der Waals surface area contributed by atoms with Crippen LogP contribution in [0.3, 0.4) is 0 Å². The van der Waals surface area contributed by atoms with Gasteiger partial charge in [0.2, 0.25) is 0 Å². The van der Waals surface area contributed by atoms with Crippen molar-refractivity contribution in [1.29, 1.82) is 0 Å². The number of aliphatic hydroxyl groups excluding tert-OH is 1. The minimum absolute atomic E-state index is 0.0900. The molecule has 0 unspecified atom stereocenters. The Morgan fingerprint density at radius 2 is 1.94 bits per heavy atom. The van der Waals surface area contributed by atoms with Crippen molar-refractivity contribution in [3.05, 3.63) is 87.6 Å². The predicted molar refractivity (Wildman–Crippen MR) is 143 cm³/mol. The third-order valence-electron chi connectivity index (χ3n) is 6.92. The Kier molecular flexibility index (Phi) is 6.96. The number of rotatable bonds is 7. The minimum Gasteiger partial charge on any atom is -0.392 e. The van der Waals surface area contributed by atoms with Crippen molar-refractivity contribution in [2.45, 2.75) is 45.9 Å². The number of aliphatic hydroxyl groups is 1. The van der Waals surface area contributed by atoms with Crippen molar-refractivity contribution in [3.63, 3.8) is 0 Å². The second-order valence-corrected chi connectivity index (χ2v) is 9.96. The number of hydrogen-bond acceptors (Lipinski definition) is 6. The lowest BCUT2D eigenvalue weighted by Gasteiger charge is -2.23. The number of likely N-dealkylation sites (N-methyl/N-ethyl adjacent to an activating group) is 1. The average molecular weight is 484 g/mol. The first-order valence-corrected chi connectivity index (χ1v) is 12.5. The first-order valence-electron chi connectivity index (χ1n) is 12.5. The Hall–Kier alpha value is -3.39. The largest absolute Gasteiger partial charge is 0.392 e. The lowest BCUT2D eigenvalue weighted by atomic mass is 9.96. The Balaban J connectivity index is 1.69. The molecule has 0 spiro atoms. The molecule has 5 rings (SSSR count). The molecule has 0 saturated carbocycles. The van der Waals surface area contributed by atoms with Gasteiger partial charge in [0.15, 0.2) is 5.65 Å². The molecular weight excluding hydrogens is 450 g/mol. The third kappa shape index (κ3) is 4.95. The van der Waals surface area contributed by atoms with E-state index in [-0.39, 0.29) is 12.2 Å². The summed E-state index contributed by atoms with van der Waals surface area (Å²) < 4.78 is 1.55. The zero-order valence-corrected chi connectivity index (χ0v) is 21.2. The van der Waals surface area contributed by atoms with E-state index >= 15 is 0 Å². The second-order valence-electron chi connectivity index (χ2n) is 9.96. The Morgan fingerprint density at radius 3 is 2.67 bits per heavy atom. The summed E-state index contributed by atoms with van der Waals surface area (Å²) >= 11 is 0. The molecule has 1 aliphatic heterocycles. The molecule has 186 valence electrons. The molecule has 4 aromatic rings. The van der Waals surface area contributed by atoms with Gasteiger partial charge in [-0.2, -0.15) is 0 Å². The molecule has 3 heterocycles. The van der Waals surface area contributed by atoms with Crippen molar-refractivity contribution in [3.8, 4) is 16.8 Å². The van der Waals surface area contributed by atoms with Crippen LogP contribution < -0.4 is 10.9 Å². The molecule has 36 heavy (non-hydrogen) atoms. The smallest absolute Gasteiger partial charge is 0.267 e. The summed E-state index contributed by atoms with van der Waals surface area (Å²) in [5.74, 6) is 0. The lowest BCUT2D eigenvalue weighted by molar-refractivity contribution is 0.282. The van der Waals surface area contributed by atoms with Crippen LogP contribution in [0.5, 0.6) is 0 Å². The number of benzene rings is 2. The number of hydrogen-bond donors (Lipinski definition) is 2. The van der Waals surface area contributed by atoms with Crippen LogP contribution in [0.25, 0.3) is 27.8 Å². The van der Waals surface area contributed by atoms with Crippen molar-refractivity contribution < 1.29 is 5.11 Å². The van der Waals surface area contributed by atoms with E-state index in [4.69, 9.17) is 0 Å². The van der Waals surface area contributed by atoms with Gasteiger partial charge in [-0.15, -0.1) is 0 Å². The van der Waals surface area contributed by atoms with Gasteiger partial charge in [0.05, 0.1) is 17.7 Å². The maximum Gasteiger partial charge on any atom is 0.267 e. The summed E-state index contributed by atoms with van der Waals surface area (Å²) in [6, 6.07) is 14.3. The van der Waals surface area contributed by atoms with Crippen LogP contribution >= 0.6 is 0 Å². The molecule has 0 radical (unpaired) electrons. The molecule has 7 nitrogen and oxygen atoms in total. The predicted octanol–water partition coefficient (Wildman–Crippen LogP) is 3.74. The van der Waals surface area contributed by atoms with Gasteiger partial charge in [0.25, 0.3) is 5.56 Å². The SMILES string of the molecule is Cc1cc(C)cc(-c2cnc3ncn(-c4cccc(CO)c4)c(=O)c3c2CN(C)C[C@@H]2CCCN2)c1. The van der Waals surface area contributed by atoms with Crippen LogP contribution in [0.15, 0.2) is 59.8 Å². The number of nitrogens with one attached hydrogen (secondary N) is 1. The van der Waals surface area contributed by atoms with E-state index < -0.39 is 0 Å². The Labute approximate surface area is 211 Å². The first-order chi connectivity index (χ1) is 17.4. The summed E-state index contributed by atoms with van der Waals surface area (Å²) in [6.45, 7) is 6.66. The molecule has 2 aromatic heterocycles. The average Bonchev–Trinajstić information content (AvgIpc) is 3.36. The van der Waals surface area contributed by atoms with Crippen molar-refractivity contribution in [2.75, 3.05) is 20.1 Å². The van der Waals surface area contributed by atoms with E-state index in [0.29, 0.717) is 29.3 Å². The van der Waals surface area contributed by atoms with Gasteiger partial charge in [-0.25, -0.2) is 9.97 Å². The fourth-order valence-electron chi connectivity index (χ4n) is 5.30. The number of nitrogens with zero attached hydrogens (tertiary/aromatic N) is 4. The highest BCUT2D eigenvalue weighted by Crippen LogP contribution is 2.30. The zero-order valence-electron chi connectivity index (χ0n) is 21.2. The highest BCUT2D eigenvalue weighted by atomic mass is 16.3. The minimum atomic E-state index is -0.156. The third-order valence-corrected chi connectivity index (χ3v) is 6.92. The summed E-state index contributed by atoms with van der Waals surface area (Å²) in [7, 11) is 2.11. The van der Waals surface area contributed by atoms with E-state index in [1.165, 1.54) is 30.3 Å². The second kappa shape index (κ2) is 10.3. The molecule has 1 saturated heterocycles. The molecule has 0 aliphatic carbocycles. The van der Waals surface area contributed by atoms with Crippen LogP contribution in [0.1, 0.15) is 35.1 Å². The van der Waals surface area contributed by atoms with Gasteiger partial charge in [-0.1, -0.05) is 41.5 Å². The van der Waals surface area contributed by atoms with E-state index in [1.54, 1.807) is 4.57 Å². The van der Waals surface area contributed by atoms with E-state index in [0.717, 1.165) is 35.3 Å². The maximum atomic E-state index is 14.0. The van der Waals surface area contributed by atoms with Crippen LogP contribution in [0.2, 0.25) is 0 Å². The molecule has 0 bridgehead atoms. The molecule has 7 heteroatoms. The monoisotopic (exact) mass is 483 g/mol. The maximum absolute atomic E-state index is 14.0. The van der Waals surface area contributed by atoms with Gasteiger partial charge >= 0.3 is 0 Å². The van der Waals surface area contributed by atoms with Gasteiger partial charge in [-0.05, 0) is 69.1 Å². The fourth-order valence-corrected chi connectivity index (χ4v) is 5.30. The molecule has 1 aliphatic rings. The molecule has 2 N–H and O–H groups in total. The molecule has 0 amide bonds. The molecule has 1 fully saturated rings. The molecule has 1 atom stereocenters. The first kappa shape index (κ1) is 24.3. The molecular formula is C29H33N5O2. The normalized spacial score (nSPS) is 15.8. The van der Waals surface area contributed by atoms with Crippen molar-refractivity contribution in [2.24, 2.45) is 0 Å². The van der Waals surface area contributed by atoms with Gasteiger partial charge in [0.1, 0.15) is 6.33 Å². The quantitative estimate of drug-likeness (QED) is 0.417. The standard InChI is InChI=1S/C29H33N5O2/c1-19-10-20(2)12-22(11-19)25-14-31-28-27(26(25)16-33(3)15-23-7-5-9-30-23)29(36)34(18-32-28)24-8-4-6-21(13-24)17-35/h4,6,8,10-14,18,23,30,35H,5,7,9,15-17H2,1-3H3/t23-/m0/s1. The fraction of sp³-hybridized carbons (Fsp3) is 0.345. The lowest BCUT2D eigenvalue weighted by Crippen LogP contribution is -2.35. The molecule has 2 aromatic carbocycles. The van der Waals surface area contributed by atoms with Gasteiger partial charge in [0, 0.05) is 30.9 Å².